The third-order valence-electron chi connectivity index (χ3n) is 7.87. The molecule has 0 unspecified atom stereocenters. The van der Waals surface area contributed by atoms with Crippen LogP contribution in [0.25, 0.3) is 0 Å². The van der Waals surface area contributed by atoms with Gasteiger partial charge in [0, 0.05) is 34.6 Å². The summed E-state index contributed by atoms with van der Waals surface area (Å²) in [6, 6.07) is 26.1. The first-order chi connectivity index (χ1) is 23.0. The van der Waals surface area contributed by atoms with Gasteiger partial charge in [0.1, 0.15) is 12.6 Å². The van der Waals surface area contributed by atoms with E-state index in [1.807, 2.05) is 68.4 Å². The summed E-state index contributed by atoms with van der Waals surface area (Å²) in [6.45, 7) is 3.32. The number of halogens is 2. The van der Waals surface area contributed by atoms with Gasteiger partial charge in [0.05, 0.1) is 24.8 Å². The molecule has 4 aromatic carbocycles. The van der Waals surface area contributed by atoms with Crippen LogP contribution < -0.4 is 19.1 Å². The van der Waals surface area contributed by atoms with E-state index < -0.39 is 28.5 Å². The Hall–Kier alpha value is -4.06. The lowest BCUT2D eigenvalue weighted by molar-refractivity contribution is -0.140. The van der Waals surface area contributed by atoms with E-state index in [2.05, 4.69) is 21.2 Å². The quantitative estimate of drug-likeness (QED) is 0.142. The Morgan fingerprint density at radius 3 is 2.12 bits per heavy atom. The summed E-state index contributed by atoms with van der Waals surface area (Å²) in [5, 5.41) is 3.44. The molecular formula is C36H39BrClN3O6S. The van der Waals surface area contributed by atoms with Gasteiger partial charge in [-0.15, -0.1) is 0 Å². The molecule has 0 bridgehead atoms. The molecule has 48 heavy (non-hydrogen) atoms. The van der Waals surface area contributed by atoms with Crippen molar-refractivity contribution in [3.8, 4) is 11.5 Å². The molecule has 1 N–H and O–H groups in total. The monoisotopic (exact) mass is 755 g/mol. The SMILES string of the molecule is CC[C@H](C)NC(=O)[C@H](Cc1ccccc1)N(Cc1ccc(Br)cc1)C(=O)CN(c1ccc(Cl)cc1)S(=O)(=O)c1ccc(OC)c(OC)c1. The highest BCUT2D eigenvalue weighted by atomic mass is 79.9. The number of nitrogens with zero attached hydrogens (tertiary/aromatic N) is 2. The molecule has 0 aliphatic heterocycles. The van der Waals surface area contributed by atoms with Gasteiger partial charge in [-0.2, -0.15) is 0 Å². The molecule has 2 atom stereocenters. The molecule has 0 spiro atoms. The summed E-state index contributed by atoms with van der Waals surface area (Å²) in [6.07, 6.45) is 0.910. The Balaban J connectivity index is 1.82. The van der Waals surface area contributed by atoms with Crippen LogP contribution in [-0.2, 0) is 32.6 Å². The molecule has 0 heterocycles. The third-order valence-corrected chi connectivity index (χ3v) is 10.4. The van der Waals surface area contributed by atoms with Gasteiger partial charge in [-0.3, -0.25) is 13.9 Å². The van der Waals surface area contributed by atoms with Gasteiger partial charge < -0.3 is 19.7 Å². The first-order valence-corrected chi connectivity index (χ1v) is 18.0. The summed E-state index contributed by atoms with van der Waals surface area (Å²) < 4.78 is 41.3. The molecule has 0 aromatic heterocycles. The van der Waals surface area contributed by atoms with Gasteiger partial charge in [0.15, 0.2) is 11.5 Å². The van der Waals surface area contributed by atoms with Crippen LogP contribution in [0.2, 0.25) is 5.02 Å². The summed E-state index contributed by atoms with van der Waals surface area (Å²) in [7, 11) is -1.50. The topological polar surface area (TPSA) is 105 Å². The van der Waals surface area contributed by atoms with Gasteiger partial charge in [-0.1, -0.05) is 76.9 Å². The summed E-state index contributed by atoms with van der Waals surface area (Å²) >= 11 is 9.62. The number of carbonyl (C=O) groups is 2. The first kappa shape index (κ1) is 36.8. The number of hydrogen-bond acceptors (Lipinski definition) is 6. The van der Waals surface area contributed by atoms with Crippen LogP contribution in [0.5, 0.6) is 11.5 Å². The normalized spacial score (nSPS) is 12.5. The molecular weight excluding hydrogens is 718 g/mol. The largest absolute Gasteiger partial charge is 0.493 e. The minimum absolute atomic E-state index is 0.0579. The van der Waals surface area contributed by atoms with Crippen LogP contribution in [0.1, 0.15) is 31.4 Å². The maximum Gasteiger partial charge on any atom is 0.264 e. The van der Waals surface area contributed by atoms with Crippen LogP contribution in [-0.4, -0.2) is 58.0 Å². The number of anilines is 1. The minimum atomic E-state index is -4.36. The molecule has 9 nitrogen and oxygen atoms in total. The van der Waals surface area contributed by atoms with Gasteiger partial charge >= 0.3 is 0 Å². The standard InChI is InChI=1S/C36H39BrClN3O6S/c1-5-25(2)39-36(43)32(21-26-9-7-6-8-10-26)40(23-27-11-13-28(37)14-12-27)35(42)24-41(30-17-15-29(38)16-18-30)48(44,45)31-19-20-33(46-3)34(22-31)47-4/h6-20,22,25,32H,5,21,23-24H2,1-4H3,(H,39,43)/t25-,32-/m0/s1. The molecule has 0 aliphatic carbocycles. The zero-order valence-corrected chi connectivity index (χ0v) is 30.4. The van der Waals surface area contributed by atoms with Crippen LogP contribution in [0.4, 0.5) is 5.69 Å². The van der Waals surface area contributed by atoms with Crippen molar-refractivity contribution in [2.24, 2.45) is 0 Å². The van der Waals surface area contributed by atoms with Crippen molar-refractivity contribution in [1.29, 1.82) is 0 Å². The summed E-state index contributed by atoms with van der Waals surface area (Å²) in [4.78, 5) is 29.9. The van der Waals surface area contributed by atoms with Crippen molar-refractivity contribution in [2.75, 3.05) is 25.1 Å². The van der Waals surface area contributed by atoms with Crippen LogP contribution in [0.15, 0.2) is 106 Å². The van der Waals surface area contributed by atoms with Gasteiger partial charge in [-0.25, -0.2) is 8.42 Å². The number of hydrogen-bond donors (Lipinski definition) is 1. The van der Waals surface area contributed by atoms with E-state index in [4.69, 9.17) is 21.1 Å². The summed E-state index contributed by atoms with van der Waals surface area (Å²) in [5.41, 5.74) is 1.83. The van der Waals surface area contributed by atoms with Crippen molar-refractivity contribution in [1.82, 2.24) is 10.2 Å². The zero-order valence-electron chi connectivity index (χ0n) is 27.2. The Kier molecular flexibility index (Phi) is 12.9. The number of carbonyl (C=O) groups excluding carboxylic acids is 2. The first-order valence-electron chi connectivity index (χ1n) is 15.3. The Bertz CT molecular complexity index is 1790. The lowest BCUT2D eigenvalue weighted by Gasteiger charge is -2.34. The number of methoxy groups -OCH3 is 2. The van der Waals surface area contributed by atoms with Crippen LogP contribution in [0, 0.1) is 0 Å². The fraction of sp³-hybridized carbons (Fsp3) is 0.278. The van der Waals surface area contributed by atoms with Crippen molar-refractivity contribution < 1.29 is 27.5 Å². The minimum Gasteiger partial charge on any atom is -0.493 e. The highest BCUT2D eigenvalue weighted by Crippen LogP contribution is 2.33. The van der Waals surface area contributed by atoms with Crippen molar-refractivity contribution in [3.05, 3.63) is 118 Å². The number of rotatable bonds is 15. The molecule has 2 amide bonds. The van der Waals surface area contributed by atoms with Crippen molar-refractivity contribution >= 4 is 55.1 Å². The second-order valence-electron chi connectivity index (χ2n) is 11.2. The van der Waals surface area contributed by atoms with Crippen molar-refractivity contribution in [3.63, 3.8) is 0 Å². The predicted molar refractivity (Wildman–Crippen MR) is 192 cm³/mol. The fourth-order valence-corrected chi connectivity index (χ4v) is 6.84. The molecule has 0 aliphatic rings. The van der Waals surface area contributed by atoms with Gasteiger partial charge in [0.25, 0.3) is 10.0 Å². The average Bonchev–Trinajstić information content (AvgIpc) is 3.09. The second-order valence-corrected chi connectivity index (χ2v) is 14.4. The van der Waals surface area contributed by atoms with E-state index in [0.717, 1.165) is 19.9 Å². The zero-order chi connectivity index (χ0) is 34.8. The second kappa shape index (κ2) is 16.9. The number of ether oxygens (including phenoxy) is 2. The molecule has 0 saturated carbocycles. The van der Waals surface area contributed by atoms with Gasteiger partial charge in [0.2, 0.25) is 11.8 Å². The molecule has 0 radical (unpaired) electrons. The molecule has 0 saturated heterocycles. The van der Waals surface area contributed by atoms with Crippen LogP contribution in [0.3, 0.4) is 0 Å². The van der Waals surface area contributed by atoms with E-state index in [0.29, 0.717) is 17.2 Å². The maximum absolute atomic E-state index is 14.6. The van der Waals surface area contributed by atoms with Crippen molar-refractivity contribution in [2.45, 2.75) is 50.2 Å². The van der Waals surface area contributed by atoms with Gasteiger partial charge in [-0.05, 0) is 73.0 Å². The molecule has 254 valence electrons. The van der Waals surface area contributed by atoms with Crippen LogP contribution >= 0.6 is 27.5 Å². The number of benzene rings is 4. The van der Waals surface area contributed by atoms with E-state index in [-0.39, 0.29) is 41.2 Å². The van der Waals surface area contributed by atoms with E-state index in [9.17, 15) is 18.0 Å². The maximum atomic E-state index is 14.6. The molecule has 0 fully saturated rings. The summed E-state index contributed by atoms with van der Waals surface area (Å²) in [5.74, 6) is -0.346. The number of sulfonamides is 1. The lowest BCUT2D eigenvalue weighted by Crippen LogP contribution is -2.54. The Labute approximate surface area is 296 Å². The number of nitrogens with one attached hydrogen (secondary N) is 1. The van der Waals surface area contributed by atoms with E-state index in [1.54, 1.807) is 12.1 Å². The molecule has 4 rings (SSSR count). The predicted octanol–water partition coefficient (Wildman–Crippen LogP) is 6.87. The Morgan fingerprint density at radius 1 is 0.875 bits per heavy atom. The smallest absolute Gasteiger partial charge is 0.264 e. The molecule has 12 heteroatoms. The Morgan fingerprint density at radius 2 is 1.52 bits per heavy atom. The molecule has 4 aromatic rings. The van der Waals surface area contributed by atoms with E-state index in [1.165, 1.54) is 49.5 Å². The number of amides is 2. The fourth-order valence-electron chi connectivity index (χ4n) is 5.02. The van der Waals surface area contributed by atoms with E-state index >= 15 is 0 Å². The lowest BCUT2D eigenvalue weighted by atomic mass is 10.0. The highest BCUT2D eigenvalue weighted by Gasteiger charge is 2.35. The third kappa shape index (κ3) is 9.30. The average molecular weight is 757 g/mol. The highest BCUT2D eigenvalue weighted by molar-refractivity contribution is 9.10.